The maximum Gasteiger partial charge on any atom is 0.133 e. The van der Waals surface area contributed by atoms with Gasteiger partial charge in [0.2, 0.25) is 0 Å². The van der Waals surface area contributed by atoms with E-state index in [1.54, 1.807) is 14.0 Å². The zero-order chi connectivity index (χ0) is 13.7. The Hall–Kier alpha value is -1.19. The minimum atomic E-state index is 0.0212. The van der Waals surface area contributed by atoms with E-state index in [1.807, 2.05) is 30.3 Å². The maximum atomic E-state index is 11.5. The molecular formula is C16H22O3. The molecule has 3 unspecified atom stereocenters. The highest BCUT2D eigenvalue weighted by molar-refractivity contribution is 5.78. The lowest BCUT2D eigenvalue weighted by Crippen LogP contribution is -2.39. The Labute approximate surface area is 114 Å². The van der Waals surface area contributed by atoms with E-state index in [-0.39, 0.29) is 23.9 Å². The lowest BCUT2D eigenvalue weighted by atomic mass is 9.83. The van der Waals surface area contributed by atoms with Gasteiger partial charge in [-0.15, -0.1) is 0 Å². The molecule has 1 fully saturated rings. The van der Waals surface area contributed by atoms with Crippen molar-refractivity contribution in [3.63, 3.8) is 0 Å². The van der Waals surface area contributed by atoms with Crippen LogP contribution in [0, 0.1) is 5.92 Å². The lowest BCUT2D eigenvalue weighted by Gasteiger charge is -2.34. The molecule has 0 radical (unpaired) electrons. The first-order valence-corrected chi connectivity index (χ1v) is 6.89. The lowest BCUT2D eigenvalue weighted by molar-refractivity contribution is -0.130. The zero-order valence-electron chi connectivity index (χ0n) is 11.7. The number of rotatable bonds is 5. The van der Waals surface area contributed by atoms with Crippen molar-refractivity contribution in [2.24, 2.45) is 5.92 Å². The molecule has 1 aliphatic carbocycles. The molecular weight excluding hydrogens is 240 g/mol. The van der Waals surface area contributed by atoms with Crippen LogP contribution in [0.15, 0.2) is 30.3 Å². The van der Waals surface area contributed by atoms with Crippen LogP contribution < -0.4 is 0 Å². The van der Waals surface area contributed by atoms with E-state index < -0.39 is 0 Å². The van der Waals surface area contributed by atoms with Crippen LogP contribution in [0.2, 0.25) is 0 Å². The molecule has 3 nitrogen and oxygen atoms in total. The van der Waals surface area contributed by atoms with Gasteiger partial charge in [0, 0.05) is 13.0 Å². The van der Waals surface area contributed by atoms with E-state index in [9.17, 15) is 4.79 Å². The third-order valence-electron chi connectivity index (χ3n) is 3.92. The van der Waals surface area contributed by atoms with Crippen molar-refractivity contribution < 1.29 is 14.3 Å². The van der Waals surface area contributed by atoms with E-state index in [4.69, 9.17) is 9.47 Å². The third kappa shape index (κ3) is 3.88. The van der Waals surface area contributed by atoms with Gasteiger partial charge in [-0.25, -0.2) is 0 Å². The van der Waals surface area contributed by atoms with Gasteiger partial charge < -0.3 is 9.47 Å². The molecule has 1 aromatic carbocycles. The summed E-state index contributed by atoms with van der Waals surface area (Å²) in [6.45, 7) is 2.25. The minimum Gasteiger partial charge on any atom is -0.379 e. The molecule has 1 aromatic rings. The van der Waals surface area contributed by atoms with Crippen molar-refractivity contribution >= 4 is 5.78 Å². The van der Waals surface area contributed by atoms with Crippen molar-refractivity contribution in [3.8, 4) is 0 Å². The van der Waals surface area contributed by atoms with Crippen molar-refractivity contribution in [3.05, 3.63) is 35.9 Å². The fraction of sp³-hybridized carbons (Fsp3) is 0.562. The summed E-state index contributed by atoms with van der Waals surface area (Å²) in [6.07, 6.45) is 2.73. The Bertz CT molecular complexity index is 402. The monoisotopic (exact) mass is 262 g/mol. The Morgan fingerprint density at radius 2 is 1.95 bits per heavy atom. The first-order chi connectivity index (χ1) is 9.20. The van der Waals surface area contributed by atoms with Crippen molar-refractivity contribution in [1.29, 1.82) is 0 Å². The Kier molecular flexibility index (Phi) is 5.11. The van der Waals surface area contributed by atoms with Gasteiger partial charge in [-0.1, -0.05) is 30.3 Å². The zero-order valence-corrected chi connectivity index (χ0v) is 11.7. The largest absolute Gasteiger partial charge is 0.379 e. The first kappa shape index (κ1) is 14.2. The van der Waals surface area contributed by atoms with Crippen LogP contribution in [0.4, 0.5) is 0 Å². The summed E-state index contributed by atoms with van der Waals surface area (Å²) < 4.78 is 11.5. The maximum absolute atomic E-state index is 11.5. The number of methoxy groups -OCH3 is 1. The van der Waals surface area contributed by atoms with Gasteiger partial charge in [0.15, 0.2) is 0 Å². The standard InChI is InChI=1S/C16H22O3/c1-12(17)14-8-9-15(18-2)16(10-14)19-11-13-6-4-3-5-7-13/h3-7,14-16H,8-11H2,1-2H3. The first-order valence-electron chi connectivity index (χ1n) is 6.89. The van der Waals surface area contributed by atoms with Crippen molar-refractivity contribution in [2.75, 3.05) is 7.11 Å². The molecule has 1 aliphatic rings. The molecule has 3 heteroatoms. The van der Waals surface area contributed by atoms with Crippen LogP contribution in [-0.2, 0) is 20.9 Å². The Morgan fingerprint density at radius 1 is 1.21 bits per heavy atom. The molecule has 0 aliphatic heterocycles. The summed E-state index contributed by atoms with van der Waals surface area (Å²) in [7, 11) is 1.72. The predicted molar refractivity (Wildman–Crippen MR) is 73.8 cm³/mol. The SMILES string of the molecule is COC1CCC(C(C)=O)CC1OCc1ccccc1. The third-order valence-corrected chi connectivity index (χ3v) is 3.92. The normalized spacial score (nSPS) is 27.2. The molecule has 3 atom stereocenters. The number of carbonyl (C=O) groups excluding carboxylic acids is 1. The van der Waals surface area contributed by atoms with E-state index in [0.717, 1.165) is 24.8 Å². The van der Waals surface area contributed by atoms with Crippen LogP contribution in [-0.4, -0.2) is 25.1 Å². The molecule has 19 heavy (non-hydrogen) atoms. The van der Waals surface area contributed by atoms with Gasteiger partial charge in [0.1, 0.15) is 5.78 Å². The van der Waals surface area contributed by atoms with Crippen LogP contribution in [0.1, 0.15) is 31.7 Å². The molecule has 0 aromatic heterocycles. The number of hydrogen-bond donors (Lipinski definition) is 0. The predicted octanol–water partition coefficient (Wildman–Crippen LogP) is 2.98. The smallest absolute Gasteiger partial charge is 0.133 e. The summed E-state index contributed by atoms with van der Waals surface area (Å²) in [4.78, 5) is 11.5. The molecule has 0 spiro atoms. The van der Waals surface area contributed by atoms with E-state index >= 15 is 0 Å². The number of ketones is 1. The molecule has 2 rings (SSSR count). The second-order valence-corrected chi connectivity index (χ2v) is 5.23. The van der Waals surface area contributed by atoms with Gasteiger partial charge in [-0.05, 0) is 31.7 Å². The van der Waals surface area contributed by atoms with Crippen LogP contribution in [0.25, 0.3) is 0 Å². The number of hydrogen-bond acceptors (Lipinski definition) is 3. The fourth-order valence-electron chi connectivity index (χ4n) is 2.69. The van der Waals surface area contributed by atoms with Crippen molar-refractivity contribution in [1.82, 2.24) is 0 Å². The highest BCUT2D eigenvalue weighted by atomic mass is 16.5. The summed E-state index contributed by atoms with van der Waals surface area (Å²) in [6, 6.07) is 10.1. The minimum absolute atomic E-state index is 0.0212. The average molecular weight is 262 g/mol. The van der Waals surface area contributed by atoms with Gasteiger partial charge in [0.05, 0.1) is 18.8 Å². The topological polar surface area (TPSA) is 35.5 Å². The van der Waals surface area contributed by atoms with Crippen LogP contribution in [0.3, 0.4) is 0 Å². The number of carbonyl (C=O) groups is 1. The Morgan fingerprint density at radius 3 is 2.58 bits per heavy atom. The second kappa shape index (κ2) is 6.83. The number of benzene rings is 1. The van der Waals surface area contributed by atoms with Gasteiger partial charge in [-0.3, -0.25) is 4.79 Å². The molecule has 0 heterocycles. The summed E-state index contributed by atoms with van der Waals surface area (Å²) in [5.74, 6) is 0.398. The number of ether oxygens (including phenoxy) is 2. The summed E-state index contributed by atoms with van der Waals surface area (Å²) in [5.41, 5.74) is 1.15. The van der Waals surface area contributed by atoms with E-state index in [0.29, 0.717) is 6.61 Å². The highest BCUT2D eigenvalue weighted by Gasteiger charge is 2.33. The fourth-order valence-corrected chi connectivity index (χ4v) is 2.69. The number of Topliss-reactive ketones (excluding diaryl/α,β-unsaturated/α-hetero) is 1. The average Bonchev–Trinajstić information content (AvgIpc) is 2.45. The molecule has 0 bridgehead atoms. The van der Waals surface area contributed by atoms with Crippen LogP contribution >= 0.6 is 0 Å². The van der Waals surface area contributed by atoms with E-state index in [2.05, 4.69) is 0 Å². The van der Waals surface area contributed by atoms with Gasteiger partial charge in [0.25, 0.3) is 0 Å². The Balaban J connectivity index is 1.93. The quantitative estimate of drug-likeness (QED) is 0.818. The van der Waals surface area contributed by atoms with Crippen molar-refractivity contribution in [2.45, 2.75) is 45.0 Å². The van der Waals surface area contributed by atoms with Gasteiger partial charge in [-0.2, -0.15) is 0 Å². The van der Waals surface area contributed by atoms with E-state index in [1.165, 1.54) is 0 Å². The molecule has 0 saturated heterocycles. The summed E-state index contributed by atoms with van der Waals surface area (Å²) in [5, 5.41) is 0. The van der Waals surface area contributed by atoms with Crippen LogP contribution in [0.5, 0.6) is 0 Å². The second-order valence-electron chi connectivity index (χ2n) is 5.23. The molecule has 1 saturated carbocycles. The molecule has 0 amide bonds. The summed E-state index contributed by atoms with van der Waals surface area (Å²) >= 11 is 0. The molecule has 104 valence electrons. The highest BCUT2D eigenvalue weighted by Crippen LogP contribution is 2.29. The van der Waals surface area contributed by atoms with Gasteiger partial charge >= 0.3 is 0 Å². The molecule has 0 N–H and O–H groups in total.